The van der Waals surface area contributed by atoms with Gasteiger partial charge in [0.15, 0.2) is 6.61 Å². The molecule has 0 atom stereocenters. The lowest BCUT2D eigenvalue weighted by Crippen LogP contribution is -2.21. The van der Waals surface area contributed by atoms with Crippen LogP contribution in [-0.2, 0) is 11.0 Å². The minimum Gasteiger partial charge on any atom is -0.482 e. The first-order valence-electron chi connectivity index (χ1n) is 5.53. The van der Waals surface area contributed by atoms with Gasteiger partial charge in [-0.25, -0.2) is 0 Å². The largest absolute Gasteiger partial charge is 0.482 e. The highest BCUT2D eigenvalue weighted by atomic mass is 35.5. The first-order valence-corrected chi connectivity index (χ1v) is 5.91. The second-order valence-electron chi connectivity index (χ2n) is 3.77. The van der Waals surface area contributed by atoms with E-state index in [1.54, 1.807) is 29.4 Å². The average Bonchev–Trinajstić information content (AvgIpc) is 2.86. The molecule has 0 aliphatic heterocycles. The number of ether oxygens (including phenoxy) is 1. The Kier molecular flexibility index (Phi) is 4.32. The highest BCUT2D eigenvalue weighted by Gasteiger charge is 2.35. The molecule has 1 heterocycles. The van der Waals surface area contributed by atoms with Crippen LogP contribution in [0.4, 0.5) is 19.1 Å². The van der Waals surface area contributed by atoms with E-state index < -0.39 is 30.5 Å². The van der Waals surface area contributed by atoms with Crippen LogP contribution in [0.5, 0.6) is 5.75 Å². The van der Waals surface area contributed by atoms with Gasteiger partial charge in [0.1, 0.15) is 5.75 Å². The van der Waals surface area contributed by atoms with E-state index in [1.165, 1.54) is 0 Å². The predicted octanol–water partition coefficient (Wildman–Crippen LogP) is 2.49. The van der Waals surface area contributed by atoms with Gasteiger partial charge in [-0.3, -0.25) is 15.2 Å². The summed E-state index contributed by atoms with van der Waals surface area (Å²) in [6, 6.07) is 6.45. The van der Waals surface area contributed by atoms with Gasteiger partial charge in [0.25, 0.3) is 5.91 Å². The van der Waals surface area contributed by atoms with Crippen LogP contribution in [0.2, 0.25) is 5.02 Å². The van der Waals surface area contributed by atoms with Gasteiger partial charge in [-0.15, -0.1) is 5.10 Å². The van der Waals surface area contributed by atoms with Gasteiger partial charge in [0.05, 0.1) is 5.02 Å². The summed E-state index contributed by atoms with van der Waals surface area (Å²) in [6.07, 6.45) is -4.66. The minimum absolute atomic E-state index is 0.278. The van der Waals surface area contributed by atoms with E-state index in [4.69, 9.17) is 16.3 Å². The molecule has 2 N–H and O–H groups in total. The minimum atomic E-state index is -4.66. The van der Waals surface area contributed by atoms with Gasteiger partial charge in [0.2, 0.25) is 11.8 Å². The molecule has 2 rings (SSSR count). The molecule has 0 bridgehead atoms. The van der Waals surface area contributed by atoms with Crippen LogP contribution in [0.15, 0.2) is 24.3 Å². The Labute approximate surface area is 121 Å². The van der Waals surface area contributed by atoms with Crippen molar-refractivity contribution >= 4 is 23.5 Å². The molecule has 0 spiro atoms. The molecule has 1 amide bonds. The first kappa shape index (κ1) is 15.1. The van der Waals surface area contributed by atoms with E-state index in [2.05, 4.69) is 15.4 Å². The Hall–Kier alpha value is -2.29. The molecular formula is C11H8ClF3N4O2. The van der Waals surface area contributed by atoms with Gasteiger partial charge in [-0.05, 0) is 12.1 Å². The fourth-order valence-corrected chi connectivity index (χ4v) is 1.50. The van der Waals surface area contributed by atoms with Gasteiger partial charge in [-0.1, -0.05) is 23.7 Å². The van der Waals surface area contributed by atoms with E-state index in [9.17, 15) is 18.0 Å². The molecule has 6 nitrogen and oxygen atoms in total. The van der Waals surface area contributed by atoms with Crippen molar-refractivity contribution in [3.05, 3.63) is 35.1 Å². The number of nitrogens with one attached hydrogen (secondary N) is 2. The first-order chi connectivity index (χ1) is 9.86. The number of rotatable bonds is 4. The number of aromatic amines is 1. The maximum Gasteiger partial charge on any atom is 0.451 e. The number of carbonyl (C=O) groups is 1. The van der Waals surface area contributed by atoms with Crippen LogP contribution in [0.1, 0.15) is 5.82 Å². The topological polar surface area (TPSA) is 79.9 Å². The zero-order chi connectivity index (χ0) is 15.5. The fourth-order valence-electron chi connectivity index (χ4n) is 1.31. The number of aromatic nitrogens is 3. The molecular weight excluding hydrogens is 313 g/mol. The quantitative estimate of drug-likeness (QED) is 0.907. The lowest BCUT2D eigenvalue weighted by atomic mass is 10.3. The molecule has 0 radical (unpaired) electrons. The molecule has 0 fully saturated rings. The zero-order valence-corrected chi connectivity index (χ0v) is 11.0. The van der Waals surface area contributed by atoms with Crippen LogP contribution < -0.4 is 10.1 Å². The molecule has 10 heteroatoms. The van der Waals surface area contributed by atoms with E-state index in [0.29, 0.717) is 5.02 Å². The SMILES string of the molecule is O=C(COc1ccccc1Cl)Nc1n[nH]c(C(F)(F)F)n1. The number of hydrogen-bond donors (Lipinski definition) is 2. The number of halogens is 4. The lowest BCUT2D eigenvalue weighted by Gasteiger charge is -2.06. The number of hydrogen-bond acceptors (Lipinski definition) is 4. The number of benzene rings is 1. The third-order valence-electron chi connectivity index (χ3n) is 2.20. The Morgan fingerprint density at radius 1 is 1.38 bits per heavy atom. The molecule has 1 aromatic heterocycles. The number of H-pyrrole nitrogens is 1. The van der Waals surface area contributed by atoms with Crippen LogP contribution in [0.3, 0.4) is 0 Å². The predicted molar refractivity (Wildman–Crippen MR) is 67.0 cm³/mol. The Bertz CT molecular complexity index is 644. The normalized spacial score (nSPS) is 11.2. The monoisotopic (exact) mass is 320 g/mol. The second kappa shape index (κ2) is 6.00. The summed E-state index contributed by atoms with van der Waals surface area (Å²) in [4.78, 5) is 14.6. The standard InChI is InChI=1S/C11H8ClF3N4O2/c12-6-3-1-2-4-7(6)21-5-8(20)16-10-17-9(18-19-10)11(13,14)15/h1-4H,5H2,(H2,16,17,18,19,20). The molecule has 0 aliphatic rings. The van der Waals surface area contributed by atoms with Gasteiger partial charge < -0.3 is 4.74 Å². The van der Waals surface area contributed by atoms with Crippen LogP contribution in [0.25, 0.3) is 0 Å². The van der Waals surface area contributed by atoms with E-state index in [1.807, 2.05) is 0 Å². The molecule has 21 heavy (non-hydrogen) atoms. The van der Waals surface area contributed by atoms with E-state index >= 15 is 0 Å². The van der Waals surface area contributed by atoms with Gasteiger partial charge in [-0.2, -0.15) is 18.2 Å². The molecule has 2 aromatic rings. The summed E-state index contributed by atoms with van der Waals surface area (Å²) in [6.45, 7) is -0.445. The van der Waals surface area contributed by atoms with Crippen molar-refractivity contribution in [3.8, 4) is 5.75 Å². The Morgan fingerprint density at radius 2 is 2.10 bits per heavy atom. The summed E-state index contributed by atoms with van der Waals surface area (Å²) in [5.41, 5.74) is 0. The Morgan fingerprint density at radius 3 is 2.71 bits per heavy atom. The highest BCUT2D eigenvalue weighted by molar-refractivity contribution is 6.32. The van der Waals surface area contributed by atoms with Crippen molar-refractivity contribution < 1.29 is 22.7 Å². The second-order valence-corrected chi connectivity index (χ2v) is 4.18. The van der Waals surface area contributed by atoms with Crippen molar-refractivity contribution in [3.63, 3.8) is 0 Å². The third-order valence-corrected chi connectivity index (χ3v) is 2.51. The number of para-hydroxylation sites is 1. The maximum absolute atomic E-state index is 12.3. The van der Waals surface area contributed by atoms with E-state index in [0.717, 1.165) is 0 Å². The molecule has 1 aromatic carbocycles. The molecule has 0 unspecified atom stereocenters. The highest BCUT2D eigenvalue weighted by Crippen LogP contribution is 2.26. The molecule has 112 valence electrons. The lowest BCUT2D eigenvalue weighted by molar-refractivity contribution is -0.144. The third kappa shape index (κ3) is 4.09. The Balaban J connectivity index is 1.90. The maximum atomic E-state index is 12.3. The van der Waals surface area contributed by atoms with Gasteiger partial charge >= 0.3 is 6.18 Å². The average molecular weight is 321 g/mol. The van der Waals surface area contributed by atoms with Crippen molar-refractivity contribution in [1.29, 1.82) is 0 Å². The smallest absolute Gasteiger partial charge is 0.451 e. The summed E-state index contributed by atoms with van der Waals surface area (Å²) in [5, 5.41) is 7.27. The summed E-state index contributed by atoms with van der Waals surface area (Å²) in [7, 11) is 0. The number of anilines is 1. The number of nitrogens with zero attached hydrogens (tertiary/aromatic N) is 2. The number of alkyl halides is 3. The molecule has 0 saturated carbocycles. The van der Waals surface area contributed by atoms with Crippen LogP contribution >= 0.6 is 11.6 Å². The van der Waals surface area contributed by atoms with Crippen LogP contribution in [-0.4, -0.2) is 27.7 Å². The van der Waals surface area contributed by atoms with E-state index in [-0.39, 0.29) is 5.75 Å². The fraction of sp³-hybridized carbons (Fsp3) is 0.182. The van der Waals surface area contributed by atoms with Gasteiger partial charge in [0, 0.05) is 0 Å². The van der Waals surface area contributed by atoms with Crippen molar-refractivity contribution in [1.82, 2.24) is 15.2 Å². The summed E-state index contributed by atoms with van der Waals surface area (Å²) < 4.78 is 41.9. The summed E-state index contributed by atoms with van der Waals surface area (Å²) >= 11 is 5.81. The number of carbonyl (C=O) groups excluding carboxylic acids is 1. The molecule has 0 aliphatic carbocycles. The van der Waals surface area contributed by atoms with Crippen LogP contribution in [0, 0.1) is 0 Å². The van der Waals surface area contributed by atoms with Crippen molar-refractivity contribution in [2.45, 2.75) is 6.18 Å². The summed E-state index contributed by atoms with van der Waals surface area (Å²) in [5.74, 6) is -2.23. The number of amides is 1. The molecule has 0 saturated heterocycles. The zero-order valence-electron chi connectivity index (χ0n) is 10.2. The van der Waals surface area contributed by atoms with Crippen molar-refractivity contribution in [2.75, 3.05) is 11.9 Å². The van der Waals surface area contributed by atoms with Crippen molar-refractivity contribution in [2.24, 2.45) is 0 Å².